The van der Waals surface area contributed by atoms with Crippen LogP contribution in [0, 0.1) is 11.6 Å². The van der Waals surface area contributed by atoms with Crippen LogP contribution in [0.4, 0.5) is 14.5 Å². The van der Waals surface area contributed by atoms with E-state index in [-0.39, 0.29) is 11.6 Å². The van der Waals surface area contributed by atoms with Gasteiger partial charge < -0.3 is 0 Å². The van der Waals surface area contributed by atoms with Crippen LogP contribution in [-0.2, 0) is 0 Å². The Labute approximate surface area is 143 Å². The quantitative estimate of drug-likeness (QED) is 0.741. The molecule has 3 aromatic rings. The zero-order valence-electron chi connectivity index (χ0n) is 13.1. The minimum absolute atomic E-state index is 0.341. The molecule has 0 bridgehead atoms. The monoisotopic (exact) mass is 333 g/mol. The summed E-state index contributed by atoms with van der Waals surface area (Å²) < 4.78 is 27.1. The zero-order chi connectivity index (χ0) is 17.2. The van der Waals surface area contributed by atoms with Gasteiger partial charge in [-0.2, -0.15) is 5.10 Å². The lowest BCUT2D eigenvalue weighted by molar-refractivity contribution is 0.627. The number of nitrogens with one attached hydrogen (secondary N) is 1. The van der Waals surface area contributed by atoms with Crippen molar-refractivity contribution in [2.24, 2.45) is 10.1 Å². The molecule has 1 heterocycles. The molecule has 0 aliphatic carbocycles. The molecule has 122 valence electrons. The van der Waals surface area contributed by atoms with E-state index >= 15 is 0 Å². The van der Waals surface area contributed by atoms with Gasteiger partial charge in [0.05, 0.1) is 5.69 Å². The van der Waals surface area contributed by atoms with Crippen molar-refractivity contribution in [1.82, 2.24) is 5.43 Å². The average Bonchev–Trinajstić information content (AvgIpc) is 2.83. The van der Waals surface area contributed by atoms with Gasteiger partial charge in [0.2, 0.25) is 0 Å². The van der Waals surface area contributed by atoms with E-state index < -0.39 is 0 Å². The minimum atomic E-state index is -0.382. The van der Waals surface area contributed by atoms with Gasteiger partial charge in [0, 0.05) is 16.7 Å². The summed E-state index contributed by atoms with van der Waals surface area (Å²) in [6.07, 6.45) is 0. The maximum Gasteiger partial charge on any atom is 0.154 e. The SMILES string of the molecule is Fc1ccc(C2=NNC(c3ccccc3)=Nc3ccc(F)cc32)cc1. The van der Waals surface area contributed by atoms with Crippen LogP contribution in [0.5, 0.6) is 0 Å². The van der Waals surface area contributed by atoms with Crippen LogP contribution in [0.25, 0.3) is 0 Å². The third-order valence-corrected chi connectivity index (χ3v) is 3.88. The standard InChI is InChI=1S/C20H13F2N3/c21-15-8-6-13(7-9-15)19-17-12-16(22)10-11-18(17)23-20(25-24-19)14-4-2-1-3-5-14/h1-12H,(H,23,25). The Hall–Kier alpha value is -3.34. The number of aliphatic imine (C=N–C) groups is 1. The Morgan fingerprint density at radius 2 is 1.44 bits per heavy atom. The molecule has 1 aliphatic heterocycles. The number of benzene rings is 3. The van der Waals surface area contributed by atoms with Crippen molar-refractivity contribution in [3.05, 3.63) is 101 Å². The highest BCUT2D eigenvalue weighted by Crippen LogP contribution is 2.26. The predicted molar refractivity (Wildman–Crippen MR) is 94.2 cm³/mol. The van der Waals surface area contributed by atoms with Gasteiger partial charge in [-0.3, -0.25) is 5.43 Å². The minimum Gasteiger partial charge on any atom is -0.260 e. The van der Waals surface area contributed by atoms with Gasteiger partial charge in [0.15, 0.2) is 5.84 Å². The van der Waals surface area contributed by atoms with Gasteiger partial charge in [0.1, 0.15) is 17.3 Å². The number of fused-ring (bicyclic) bond motifs is 1. The molecule has 0 radical (unpaired) electrons. The summed E-state index contributed by atoms with van der Waals surface area (Å²) in [6, 6.07) is 19.8. The first kappa shape index (κ1) is 15.2. The van der Waals surface area contributed by atoms with E-state index in [4.69, 9.17) is 0 Å². The van der Waals surface area contributed by atoms with Crippen LogP contribution >= 0.6 is 0 Å². The number of hydrogen-bond acceptors (Lipinski definition) is 3. The fourth-order valence-electron chi connectivity index (χ4n) is 2.66. The third kappa shape index (κ3) is 3.04. The Balaban J connectivity index is 1.87. The molecule has 4 rings (SSSR count). The molecule has 25 heavy (non-hydrogen) atoms. The number of amidine groups is 1. The molecular weight excluding hydrogens is 320 g/mol. The number of hydrazone groups is 1. The summed E-state index contributed by atoms with van der Waals surface area (Å²) >= 11 is 0. The number of rotatable bonds is 2. The van der Waals surface area contributed by atoms with E-state index in [0.717, 1.165) is 5.56 Å². The smallest absolute Gasteiger partial charge is 0.154 e. The summed E-state index contributed by atoms with van der Waals surface area (Å²) in [5.41, 5.74) is 6.12. The van der Waals surface area contributed by atoms with Gasteiger partial charge in [-0.1, -0.05) is 30.3 Å². The topological polar surface area (TPSA) is 36.8 Å². The molecule has 3 nitrogen and oxygen atoms in total. The summed E-state index contributed by atoms with van der Waals surface area (Å²) in [5.74, 6) is -0.163. The number of hydrogen-bond donors (Lipinski definition) is 1. The van der Waals surface area contributed by atoms with E-state index in [1.165, 1.54) is 24.3 Å². The Morgan fingerprint density at radius 3 is 2.20 bits per heavy atom. The van der Waals surface area contributed by atoms with Crippen LogP contribution in [0.15, 0.2) is 82.9 Å². The molecule has 3 aromatic carbocycles. The van der Waals surface area contributed by atoms with Crippen molar-refractivity contribution in [1.29, 1.82) is 0 Å². The van der Waals surface area contributed by atoms with Gasteiger partial charge >= 0.3 is 0 Å². The van der Waals surface area contributed by atoms with Crippen LogP contribution in [0.1, 0.15) is 16.7 Å². The van der Waals surface area contributed by atoms with E-state index in [9.17, 15) is 8.78 Å². The number of halogens is 2. The molecule has 0 aromatic heterocycles. The first-order chi connectivity index (χ1) is 12.2. The van der Waals surface area contributed by atoms with Crippen LogP contribution in [0.2, 0.25) is 0 Å². The van der Waals surface area contributed by atoms with Gasteiger partial charge in [-0.25, -0.2) is 13.8 Å². The maximum absolute atomic E-state index is 13.8. The van der Waals surface area contributed by atoms with E-state index in [1.54, 1.807) is 18.2 Å². The molecule has 0 saturated heterocycles. The van der Waals surface area contributed by atoms with Crippen molar-refractivity contribution in [3.63, 3.8) is 0 Å². The fourth-order valence-corrected chi connectivity index (χ4v) is 2.66. The molecule has 1 aliphatic rings. The highest BCUT2D eigenvalue weighted by Gasteiger charge is 2.18. The molecule has 0 saturated carbocycles. The first-order valence-electron chi connectivity index (χ1n) is 7.74. The van der Waals surface area contributed by atoms with Gasteiger partial charge in [-0.15, -0.1) is 0 Å². The Kier molecular flexibility index (Phi) is 3.82. The molecular formula is C20H13F2N3. The summed E-state index contributed by atoms with van der Waals surface area (Å²) in [4.78, 5) is 4.59. The second-order valence-corrected chi connectivity index (χ2v) is 5.57. The van der Waals surface area contributed by atoms with Crippen LogP contribution < -0.4 is 5.43 Å². The Morgan fingerprint density at radius 1 is 0.720 bits per heavy atom. The normalized spacial score (nSPS) is 13.2. The molecule has 0 spiro atoms. The van der Waals surface area contributed by atoms with Crippen molar-refractivity contribution in [3.8, 4) is 0 Å². The predicted octanol–water partition coefficient (Wildman–Crippen LogP) is 4.40. The molecule has 5 heteroatoms. The molecule has 1 N–H and O–H groups in total. The lowest BCUT2D eigenvalue weighted by atomic mass is 10.0. The third-order valence-electron chi connectivity index (χ3n) is 3.88. The van der Waals surface area contributed by atoms with E-state index in [0.29, 0.717) is 28.4 Å². The highest BCUT2D eigenvalue weighted by molar-refractivity contribution is 6.17. The van der Waals surface area contributed by atoms with Crippen molar-refractivity contribution in [2.45, 2.75) is 0 Å². The number of nitrogens with zero attached hydrogens (tertiary/aromatic N) is 2. The first-order valence-corrected chi connectivity index (χ1v) is 7.74. The largest absolute Gasteiger partial charge is 0.260 e. The molecule has 0 unspecified atom stereocenters. The fraction of sp³-hybridized carbons (Fsp3) is 0. The molecule has 0 fully saturated rings. The van der Waals surface area contributed by atoms with E-state index in [1.807, 2.05) is 30.3 Å². The molecule has 0 atom stereocenters. The van der Waals surface area contributed by atoms with Crippen molar-refractivity contribution in [2.75, 3.05) is 0 Å². The summed E-state index contributed by atoms with van der Waals surface area (Å²) in [5, 5.41) is 4.41. The summed E-state index contributed by atoms with van der Waals surface area (Å²) in [7, 11) is 0. The van der Waals surface area contributed by atoms with Crippen LogP contribution in [0.3, 0.4) is 0 Å². The maximum atomic E-state index is 13.8. The summed E-state index contributed by atoms with van der Waals surface area (Å²) in [6.45, 7) is 0. The Bertz CT molecular complexity index is 978. The van der Waals surface area contributed by atoms with Crippen molar-refractivity contribution < 1.29 is 8.78 Å². The molecule has 0 amide bonds. The average molecular weight is 333 g/mol. The van der Waals surface area contributed by atoms with Crippen molar-refractivity contribution >= 4 is 17.2 Å². The second kappa shape index (κ2) is 6.28. The van der Waals surface area contributed by atoms with Gasteiger partial charge in [-0.05, 0) is 42.5 Å². The van der Waals surface area contributed by atoms with Gasteiger partial charge in [0.25, 0.3) is 0 Å². The second-order valence-electron chi connectivity index (χ2n) is 5.57. The van der Waals surface area contributed by atoms with E-state index in [2.05, 4.69) is 15.5 Å². The van der Waals surface area contributed by atoms with Crippen LogP contribution in [-0.4, -0.2) is 11.5 Å². The lowest BCUT2D eigenvalue weighted by Crippen LogP contribution is -2.19. The zero-order valence-corrected chi connectivity index (χ0v) is 13.1. The lowest BCUT2D eigenvalue weighted by Gasteiger charge is -2.07. The highest BCUT2D eigenvalue weighted by atomic mass is 19.1.